The molecule has 2 nitrogen and oxygen atoms in total. The van der Waals surface area contributed by atoms with E-state index in [0.29, 0.717) is 5.69 Å². The summed E-state index contributed by atoms with van der Waals surface area (Å²) in [7, 11) is 0. The van der Waals surface area contributed by atoms with Crippen LogP contribution in [-0.4, -0.2) is 12.0 Å². The number of benzene rings is 1. The SMILES string of the molecule is Cc1cccc(N/C=C(/Br)C(=O)C(F)(F)F)c1C. The van der Waals surface area contributed by atoms with Gasteiger partial charge in [-0.3, -0.25) is 4.79 Å². The fourth-order valence-corrected chi connectivity index (χ4v) is 1.59. The number of carbonyl (C=O) groups is 1. The van der Waals surface area contributed by atoms with E-state index in [-0.39, 0.29) is 0 Å². The molecule has 1 N–H and O–H groups in total. The van der Waals surface area contributed by atoms with Crippen molar-refractivity contribution < 1.29 is 18.0 Å². The number of anilines is 1. The van der Waals surface area contributed by atoms with Crippen molar-refractivity contribution in [2.75, 3.05) is 5.32 Å². The largest absolute Gasteiger partial charge is 0.455 e. The summed E-state index contributed by atoms with van der Waals surface area (Å²) in [4.78, 5) is 10.9. The molecule has 0 aromatic heterocycles. The summed E-state index contributed by atoms with van der Waals surface area (Å²) in [5.74, 6) is -1.92. The summed E-state index contributed by atoms with van der Waals surface area (Å²) >= 11 is 2.61. The van der Waals surface area contributed by atoms with Crippen LogP contribution in [0, 0.1) is 13.8 Å². The Hall–Kier alpha value is -1.30. The maximum Gasteiger partial charge on any atom is 0.455 e. The molecule has 0 unspecified atom stereocenters. The molecule has 0 saturated heterocycles. The molecular formula is C12H11BrF3NO. The van der Waals surface area contributed by atoms with Crippen molar-refractivity contribution in [1.29, 1.82) is 0 Å². The van der Waals surface area contributed by atoms with Gasteiger partial charge in [0.25, 0.3) is 5.78 Å². The summed E-state index contributed by atoms with van der Waals surface area (Å²) in [6, 6.07) is 5.38. The van der Waals surface area contributed by atoms with Gasteiger partial charge in [-0.1, -0.05) is 12.1 Å². The number of halogens is 4. The number of carbonyl (C=O) groups excluding carboxylic acids is 1. The van der Waals surface area contributed by atoms with Crippen LogP contribution in [0.1, 0.15) is 11.1 Å². The number of allylic oxidation sites excluding steroid dienone is 1. The van der Waals surface area contributed by atoms with E-state index >= 15 is 0 Å². The van der Waals surface area contributed by atoms with E-state index in [1.165, 1.54) is 0 Å². The van der Waals surface area contributed by atoms with Crippen LogP contribution < -0.4 is 5.32 Å². The van der Waals surface area contributed by atoms with Crippen molar-refractivity contribution in [3.8, 4) is 0 Å². The van der Waals surface area contributed by atoms with Gasteiger partial charge in [-0.2, -0.15) is 13.2 Å². The number of aryl methyl sites for hydroxylation is 1. The smallest absolute Gasteiger partial charge is 0.360 e. The minimum Gasteiger partial charge on any atom is -0.360 e. The minimum absolute atomic E-state index is 0.559. The zero-order chi connectivity index (χ0) is 13.9. The first-order valence-electron chi connectivity index (χ1n) is 5.03. The van der Waals surface area contributed by atoms with Crippen molar-refractivity contribution in [2.24, 2.45) is 0 Å². The topological polar surface area (TPSA) is 29.1 Å². The van der Waals surface area contributed by atoms with Crippen molar-refractivity contribution in [3.63, 3.8) is 0 Å². The van der Waals surface area contributed by atoms with Gasteiger partial charge in [0.15, 0.2) is 0 Å². The van der Waals surface area contributed by atoms with Gasteiger partial charge in [0.1, 0.15) is 0 Å². The van der Waals surface area contributed by atoms with Crippen LogP contribution in [-0.2, 0) is 4.79 Å². The van der Waals surface area contributed by atoms with Crippen LogP contribution in [0.4, 0.5) is 18.9 Å². The highest BCUT2D eigenvalue weighted by Crippen LogP contribution is 2.24. The van der Waals surface area contributed by atoms with Gasteiger partial charge < -0.3 is 5.32 Å². The lowest BCUT2D eigenvalue weighted by Crippen LogP contribution is -2.22. The third kappa shape index (κ3) is 3.60. The molecule has 0 radical (unpaired) electrons. The molecule has 0 aliphatic heterocycles. The molecule has 0 aliphatic rings. The molecule has 0 amide bonds. The third-order valence-electron chi connectivity index (χ3n) is 2.43. The normalized spacial score (nSPS) is 12.4. The molecule has 18 heavy (non-hydrogen) atoms. The second-order valence-electron chi connectivity index (χ2n) is 3.71. The van der Waals surface area contributed by atoms with Crippen molar-refractivity contribution in [2.45, 2.75) is 20.0 Å². The zero-order valence-corrected chi connectivity index (χ0v) is 11.3. The molecule has 0 saturated carbocycles. The molecule has 0 atom stereocenters. The number of hydrogen-bond acceptors (Lipinski definition) is 2. The third-order valence-corrected chi connectivity index (χ3v) is 3.02. The van der Waals surface area contributed by atoms with E-state index in [0.717, 1.165) is 17.3 Å². The summed E-state index contributed by atoms with van der Waals surface area (Å²) in [5, 5.41) is 2.68. The van der Waals surface area contributed by atoms with Crippen LogP contribution in [0.25, 0.3) is 0 Å². The Morgan fingerprint density at radius 1 is 1.33 bits per heavy atom. The average Bonchev–Trinajstić information content (AvgIpc) is 2.28. The van der Waals surface area contributed by atoms with Crippen LogP contribution in [0.2, 0.25) is 0 Å². The Kier molecular flexibility index (Phi) is 4.56. The van der Waals surface area contributed by atoms with Crippen LogP contribution in [0.15, 0.2) is 28.9 Å². The van der Waals surface area contributed by atoms with Gasteiger partial charge in [-0.25, -0.2) is 0 Å². The fraction of sp³-hybridized carbons (Fsp3) is 0.250. The summed E-state index contributed by atoms with van der Waals surface area (Å²) < 4.78 is 35.8. The lowest BCUT2D eigenvalue weighted by molar-refractivity contribution is -0.165. The number of rotatable bonds is 3. The first-order valence-corrected chi connectivity index (χ1v) is 5.82. The average molecular weight is 322 g/mol. The molecule has 0 fully saturated rings. The number of Topliss-reactive ketones (excluding diaryl/α,β-unsaturated/α-hetero) is 1. The Morgan fingerprint density at radius 3 is 2.50 bits per heavy atom. The minimum atomic E-state index is -4.88. The van der Waals surface area contributed by atoms with Crippen molar-refractivity contribution >= 4 is 27.4 Å². The molecular weight excluding hydrogens is 311 g/mol. The lowest BCUT2D eigenvalue weighted by atomic mass is 10.1. The van der Waals surface area contributed by atoms with Gasteiger partial charge in [0, 0.05) is 11.9 Å². The van der Waals surface area contributed by atoms with E-state index in [4.69, 9.17) is 0 Å². The molecule has 0 aliphatic carbocycles. The summed E-state index contributed by atoms with van der Waals surface area (Å²) in [6.07, 6.45) is -3.88. The Labute approximate surface area is 111 Å². The monoisotopic (exact) mass is 321 g/mol. The lowest BCUT2D eigenvalue weighted by Gasteiger charge is -2.09. The molecule has 98 valence electrons. The van der Waals surface area contributed by atoms with Gasteiger partial charge in [-0.15, -0.1) is 0 Å². The highest BCUT2D eigenvalue weighted by molar-refractivity contribution is 9.12. The molecule has 6 heteroatoms. The molecule has 0 bridgehead atoms. The predicted octanol–water partition coefficient (Wildman–Crippen LogP) is 4.08. The van der Waals surface area contributed by atoms with E-state index < -0.39 is 16.4 Å². The van der Waals surface area contributed by atoms with Crippen LogP contribution in [0.3, 0.4) is 0 Å². The van der Waals surface area contributed by atoms with E-state index in [1.807, 2.05) is 19.9 Å². The standard InChI is InChI=1S/C12H11BrF3NO/c1-7-4-3-5-10(8(7)2)17-6-9(13)11(18)12(14,15)16/h3-6,17H,1-2H3/b9-6+. The second kappa shape index (κ2) is 5.56. The van der Waals surface area contributed by atoms with Gasteiger partial charge in [-0.05, 0) is 47.0 Å². The Balaban J connectivity index is 2.87. The quantitative estimate of drug-likeness (QED) is 0.850. The van der Waals surface area contributed by atoms with Crippen LogP contribution >= 0.6 is 15.9 Å². The molecule has 0 spiro atoms. The maximum absolute atomic E-state index is 12.1. The maximum atomic E-state index is 12.1. The molecule has 1 aromatic carbocycles. The highest BCUT2D eigenvalue weighted by atomic mass is 79.9. The van der Waals surface area contributed by atoms with E-state index in [2.05, 4.69) is 21.2 Å². The van der Waals surface area contributed by atoms with E-state index in [1.54, 1.807) is 12.1 Å². The first-order chi connectivity index (χ1) is 8.23. The number of ketones is 1. The molecule has 0 heterocycles. The molecule has 1 aromatic rings. The van der Waals surface area contributed by atoms with Gasteiger partial charge in [0.2, 0.25) is 0 Å². The summed E-state index contributed by atoms with van der Waals surface area (Å²) in [5.41, 5.74) is 2.57. The number of alkyl halides is 3. The van der Waals surface area contributed by atoms with Crippen molar-refractivity contribution in [1.82, 2.24) is 0 Å². The van der Waals surface area contributed by atoms with Gasteiger partial charge in [0.05, 0.1) is 4.48 Å². The van der Waals surface area contributed by atoms with Gasteiger partial charge >= 0.3 is 6.18 Å². The number of hydrogen-bond donors (Lipinski definition) is 1. The first kappa shape index (κ1) is 14.8. The highest BCUT2D eigenvalue weighted by Gasteiger charge is 2.39. The fourth-order valence-electron chi connectivity index (χ4n) is 1.25. The Bertz CT molecular complexity index is 495. The molecule has 1 rings (SSSR count). The summed E-state index contributed by atoms with van der Waals surface area (Å²) in [6.45, 7) is 3.73. The number of nitrogens with one attached hydrogen (secondary N) is 1. The predicted molar refractivity (Wildman–Crippen MR) is 67.6 cm³/mol. The Morgan fingerprint density at radius 2 is 1.94 bits per heavy atom. The zero-order valence-electron chi connectivity index (χ0n) is 9.73. The van der Waals surface area contributed by atoms with Crippen LogP contribution in [0.5, 0.6) is 0 Å². The van der Waals surface area contributed by atoms with E-state index in [9.17, 15) is 18.0 Å². The van der Waals surface area contributed by atoms with Crippen molar-refractivity contribution in [3.05, 3.63) is 40.0 Å². The second-order valence-corrected chi connectivity index (χ2v) is 4.57.